The molecule has 1 N–H and O–H groups in total. The van der Waals surface area contributed by atoms with E-state index in [1.54, 1.807) is 47.0 Å². The molecule has 2 aromatic carbocycles. The lowest BCUT2D eigenvalue weighted by molar-refractivity contribution is -0.135. The van der Waals surface area contributed by atoms with Crippen LogP contribution in [0.25, 0.3) is 11.1 Å². The number of carbonyl (C=O) groups is 2. The maximum absolute atomic E-state index is 13.0. The molecule has 6 nitrogen and oxygen atoms in total. The zero-order valence-electron chi connectivity index (χ0n) is 17.1. The first kappa shape index (κ1) is 21.4. The monoisotopic (exact) mass is 448 g/mol. The van der Waals surface area contributed by atoms with Gasteiger partial charge in [0.15, 0.2) is 0 Å². The summed E-state index contributed by atoms with van der Waals surface area (Å²) in [6.07, 6.45) is 1.16. The van der Waals surface area contributed by atoms with Crippen molar-refractivity contribution in [1.29, 1.82) is 0 Å². The molecule has 2 fully saturated rings. The molecule has 4 rings (SSSR count). The van der Waals surface area contributed by atoms with Gasteiger partial charge in [-0.2, -0.15) is 8.78 Å². The smallest absolute Gasteiger partial charge is 0.387 e. The molecule has 0 saturated carbocycles. The number of alkyl halides is 2. The molecule has 2 aromatic rings. The van der Waals surface area contributed by atoms with Crippen LogP contribution in [-0.2, 0) is 9.59 Å². The number of hydrogen-bond donors (Lipinski definition) is 1. The third-order valence-electron chi connectivity index (χ3n) is 5.61. The molecule has 0 radical (unpaired) electrons. The molecule has 2 aliphatic rings. The van der Waals surface area contributed by atoms with Crippen molar-refractivity contribution in [3.63, 3.8) is 0 Å². The van der Waals surface area contributed by atoms with Crippen molar-refractivity contribution in [2.45, 2.75) is 37.3 Å². The Bertz CT molecular complexity index is 1000. The first-order chi connectivity index (χ1) is 14.8. The predicted octanol–water partition coefficient (Wildman–Crippen LogP) is 4.36. The van der Waals surface area contributed by atoms with Crippen LogP contribution in [0, 0.1) is 0 Å². The van der Waals surface area contributed by atoms with E-state index in [2.05, 4.69) is 10.1 Å². The first-order valence-corrected chi connectivity index (χ1v) is 10.8. The van der Waals surface area contributed by atoms with E-state index in [-0.39, 0.29) is 22.4 Å². The molecule has 2 amide bonds. The average molecular weight is 448 g/mol. The summed E-state index contributed by atoms with van der Waals surface area (Å²) in [4.78, 5) is 26.6. The number of hydrogen-bond acceptors (Lipinski definition) is 5. The molecule has 2 aliphatic heterocycles. The average Bonchev–Trinajstić information content (AvgIpc) is 3.24. The second kappa shape index (κ2) is 8.37. The highest BCUT2D eigenvalue weighted by atomic mass is 32.2. The van der Waals surface area contributed by atoms with E-state index in [1.807, 2.05) is 6.92 Å². The largest absolute Gasteiger partial charge is 0.497 e. The minimum Gasteiger partial charge on any atom is -0.497 e. The Labute approximate surface area is 182 Å². The number of thioether (sulfide) groups is 1. The number of fused-ring (bicyclic) bond motifs is 1. The number of nitrogens with one attached hydrogen (secondary N) is 1. The van der Waals surface area contributed by atoms with Gasteiger partial charge in [-0.25, -0.2) is 0 Å². The molecule has 0 aromatic heterocycles. The third kappa shape index (κ3) is 4.19. The van der Waals surface area contributed by atoms with Crippen LogP contribution < -0.4 is 14.8 Å². The van der Waals surface area contributed by atoms with Crippen molar-refractivity contribution in [2.24, 2.45) is 0 Å². The van der Waals surface area contributed by atoms with Gasteiger partial charge in [0.1, 0.15) is 17.5 Å². The van der Waals surface area contributed by atoms with Crippen LogP contribution in [0.4, 0.5) is 14.5 Å². The van der Waals surface area contributed by atoms with E-state index in [9.17, 15) is 18.4 Å². The van der Waals surface area contributed by atoms with Crippen LogP contribution in [0.5, 0.6) is 11.5 Å². The Morgan fingerprint density at radius 1 is 1.26 bits per heavy atom. The van der Waals surface area contributed by atoms with Crippen LogP contribution >= 0.6 is 11.8 Å². The minimum absolute atomic E-state index is 0.00289. The summed E-state index contributed by atoms with van der Waals surface area (Å²) in [5.74, 6) is 0.826. The number of halogens is 2. The summed E-state index contributed by atoms with van der Waals surface area (Å²) < 4.78 is 35.6. The zero-order valence-corrected chi connectivity index (χ0v) is 17.9. The van der Waals surface area contributed by atoms with Gasteiger partial charge in [0.2, 0.25) is 11.8 Å². The van der Waals surface area contributed by atoms with Gasteiger partial charge in [0.05, 0.1) is 12.0 Å². The number of amides is 2. The molecule has 31 heavy (non-hydrogen) atoms. The van der Waals surface area contributed by atoms with Crippen LogP contribution in [0.3, 0.4) is 0 Å². The van der Waals surface area contributed by atoms with Crippen molar-refractivity contribution in [1.82, 2.24) is 4.90 Å². The van der Waals surface area contributed by atoms with E-state index in [0.717, 1.165) is 6.42 Å². The fourth-order valence-corrected chi connectivity index (χ4v) is 5.47. The third-order valence-corrected chi connectivity index (χ3v) is 7.12. The number of anilines is 1. The van der Waals surface area contributed by atoms with Crippen LogP contribution in [0.15, 0.2) is 42.5 Å². The molecule has 9 heteroatoms. The Morgan fingerprint density at radius 2 is 2.00 bits per heavy atom. The van der Waals surface area contributed by atoms with Gasteiger partial charge in [0, 0.05) is 23.4 Å². The minimum atomic E-state index is -2.98. The normalized spacial score (nSPS) is 22.5. The van der Waals surface area contributed by atoms with Crippen LogP contribution in [0.1, 0.15) is 19.8 Å². The number of nitrogens with zero attached hydrogens (tertiary/aromatic N) is 1. The first-order valence-electron chi connectivity index (χ1n) is 9.81. The van der Waals surface area contributed by atoms with E-state index in [0.29, 0.717) is 34.7 Å². The Kier molecular flexibility index (Phi) is 5.79. The Hall–Kier alpha value is -2.81. The van der Waals surface area contributed by atoms with Crippen molar-refractivity contribution >= 4 is 29.3 Å². The predicted molar refractivity (Wildman–Crippen MR) is 114 cm³/mol. The van der Waals surface area contributed by atoms with E-state index >= 15 is 0 Å². The molecule has 2 atom stereocenters. The van der Waals surface area contributed by atoms with Gasteiger partial charge in [-0.05, 0) is 49.2 Å². The Morgan fingerprint density at radius 3 is 2.68 bits per heavy atom. The molecule has 0 aliphatic carbocycles. The topological polar surface area (TPSA) is 67.9 Å². The quantitative estimate of drug-likeness (QED) is 0.712. The summed E-state index contributed by atoms with van der Waals surface area (Å²) in [7, 11) is 1.54. The number of carbonyl (C=O) groups excluding carboxylic acids is 2. The molecule has 0 spiro atoms. The van der Waals surface area contributed by atoms with Crippen LogP contribution in [-0.4, -0.2) is 47.1 Å². The second-order valence-corrected chi connectivity index (χ2v) is 9.07. The van der Waals surface area contributed by atoms with Crippen molar-refractivity contribution in [3.05, 3.63) is 42.5 Å². The summed E-state index contributed by atoms with van der Waals surface area (Å²) in [6, 6.07) is 10.8. The molecule has 164 valence electrons. The summed E-state index contributed by atoms with van der Waals surface area (Å²) in [5.41, 5.74) is 1.47. The molecule has 0 bridgehead atoms. The number of methoxy groups -OCH3 is 1. The molecule has 2 heterocycles. The van der Waals surface area contributed by atoms with Gasteiger partial charge >= 0.3 is 6.61 Å². The summed E-state index contributed by atoms with van der Waals surface area (Å²) in [5, 5.41) is 2.83. The van der Waals surface area contributed by atoms with Gasteiger partial charge in [-0.3, -0.25) is 9.59 Å². The Balaban J connectivity index is 1.60. The standard InChI is InChI=1S/C22H22F2N2O4S/c1-22-10-9-19(27)26(22)17(12-31-22)20(28)25-14-5-8-18(30-21(23)24)16(11-14)13-3-6-15(29-2)7-4-13/h3-8,11,17,21H,9-10,12H2,1-2H3,(H,25,28)/t17-,22+/m0/s1. The van der Waals surface area contributed by atoms with Gasteiger partial charge < -0.3 is 19.7 Å². The second-order valence-electron chi connectivity index (χ2n) is 7.57. The molecular formula is C22H22F2N2O4S. The van der Waals surface area contributed by atoms with Gasteiger partial charge in [-0.15, -0.1) is 11.8 Å². The van der Waals surface area contributed by atoms with Crippen molar-refractivity contribution in [3.8, 4) is 22.6 Å². The van der Waals surface area contributed by atoms with E-state index < -0.39 is 12.7 Å². The number of rotatable bonds is 6. The fourth-order valence-electron chi connectivity index (χ4n) is 4.04. The highest BCUT2D eigenvalue weighted by Crippen LogP contribution is 2.47. The molecule has 2 saturated heterocycles. The number of benzene rings is 2. The number of ether oxygens (including phenoxy) is 2. The maximum atomic E-state index is 13.0. The highest BCUT2D eigenvalue weighted by Gasteiger charge is 2.52. The molecule has 0 unspecified atom stereocenters. The summed E-state index contributed by atoms with van der Waals surface area (Å²) >= 11 is 1.61. The van der Waals surface area contributed by atoms with Gasteiger partial charge in [-0.1, -0.05) is 12.1 Å². The van der Waals surface area contributed by atoms with Gasteiger partial charge in [0.25, 0.3) is 0 Å². The lowest BCUT2D eigenvalue weighted by atomic mass is 10.0. The fraction of sp³-hybridized carbons (Fsp3) is 0.364. The lowest BCUT2D eigenvalue weighted by Gasteiger charge is -2.29. The van der Waals surface area contributed by atoms with E-state index in [1.165, 1.54) is 19.2 Å². The summed E-state index contributed by atoms with van der Waals surface area (Å²) in [6.45, 7) is -1.000. The maximum Gasteiger partial charge on any atom is 0.387 e. The molecular weight excluding hydrogens is 426 g/mol. The van der Waals surface area contributed by atoms with Crippen LogP contribution in [0.2, 0.25) is 0 Å². The lowest BCUT2D eigenvalue weighted by Crippen LogP contribution is -2.48. The zero-order chi connectivity index (χ0) is 22.2. The SMILES string of the molecule is COc1ccc(-c2cc(NC(=O)[C@@H]3CS[C@]4(C)CCC(=O)N34)ccc2OC(F)F)cc1. The van der Waals surface area contributed by atoms with E-state index in [4.69, 9.17) is 4.74 Å². The van der Waals surface area contributed by atoms with Crippen molar-refractivity contribution in [2.75, 3.05) is 18.2 Å². The highest BCUT2D eigenvalue weighted by molar-refractivity contribution is 8.01. The van der Waals surface area contributed by atoms with Crippen molar-refractivity contribution < 1.29 is 27.8 Å².